The van der Waals surface area contributed by atoms with Gasteiger partial charge in [-0.15, -0.1) is 0 Å². The summed E-state index contributed by atoms with van der Waals surface area (Å²) >= 11 is 5.14. The van der Waals surface area contributed by atoms with E-state index in [1.807, 2.05) is 13.0 Å². The van der Waals surface area contributed by atoms with Gasteiger partial charge in [0.1, 0.15) is 5.69 Å². The lowest BCUT2D eigenvalue weighted by Crippen LogP contribution is -2.55. The van der Waals surface area contributed by atoms with Gasteiger partial charge in [-0.1, -0.05) is 32.0 Å². The number of hydrogen-bond acceptors (Lipinski definition) is 3. The summed E-state index contributed by atoms with van der Waals surface area (Å²) < 4.78 is 1.61. The van der Waals surface area contributed by atoms with Crippen LogP contribution in [0.3, 0.4) is 0 Å². The summed E-state index contributed by atoms with van der Waals surface area (Å²) in [5.74, 6) is -0.149. The van der Waals surface area contributed by atoms with Gasteiger partial charge >= 0.3 is 0 Å². The fraction of sp³-hybridized carbons (Fsp3) is 0.615. The Morgan fingerprint density at radius 3 is 2.68 bits per heavy atom. The van der Waals surface area contributed by atoms with Crippen LogP contribution in [0.4, 0.5) is 0 Å². The summed E-state index contributed by atoms with van der Waals surface area (Å²) in [4.78, 5) is 12.8. The summed E-state index contributed by atoms with van der Waals surface area (Å²) in [6.45, 7) is 2.01. The molecule has 0 saturated heterocycles. The third kappa shape index (κ3) is 2.63. The minimum Gasteiger partial charge on any atom is -0.391 e. The molecule has 1 aliphatic carbocycles. The SMILES string of the molecule is CCc1cc(C(=O)NC2(C(N)=S)CCCC2)n(C)n1. The van der Waals surface area contributed by atoms with Crippen LogP contribution in [0, 0.1) is 0 Å². The van der Waals surface area contributed by atoms with Crippen LogP contribution in [0.5, 0.6) is 0 Å². The Hall–Kier alpha value is -1.43. The van der Waals surface area contributed by atoms with Crippen LogP contribution in [-0.2, 0) is 13.5 Å². The van der Waals surface area contributed by atoms with E-state index in [9.17, 15) is 4.79 Å². The van der Waals surface area contributed by atoms with Crippen molar-refractivity contribution < 1.29 is 4.79 Å². The van der Waals surface area contributed by atoms with E-state index in [4.69, 9.17) is 18.0 Å². The molecule has 2 rings (SSSR count). The van der Waals surface area contributed by atoms with Gasteiger partial charge in [-0.3, -0.25) is 9.48 Å². The molecule has 6 heteroatoms. The first-order valence-electron chi connectivity index (χ1n) is 6.64. The molecular formula is C13H20N4OS. The van der Waals surface area contributed by atoms with Crippen molar-refractivity contribution in [1.29, 1.82) is 0 Å². The third-order valence-corrected chi connectivity index (χ3v) is 4.20. The van der Waals surface area contributed by atoms with E-state index in [0.29, 0.717) is 10.7 Å². The number of carbonyl (C=O) groups excluding carboxylic acids is 1. The van der Waals surface area contributed by atoms with Gasteiger partial charge in [-0.05, 0) is 25.3 Å². The van der Waals surface area contributed by atoms with Crippen LogP contribution < -0.4 is 11.1 Å². The molecule has 0 atom stereocenters. The number of aromatic nitrogens is 2. The molecule has 1 aliphatic rings. The summed E-state index contributed by atoms with van der Waals surface area (Å²) in [6, 6.07) is 1.82. The highest BCUT2D eigenvalue weighted by Gasteiger charge is 2.38. The van der Waals surface area contributed by atoms with Gasteiger partial charge in [0.15, 0.2) is 0 Å². The largest absolute Gasteiger partial charge is 0.391 e. The lowest BCUT2D eigenvalue weighted by molar-refractivity contribution is 0.0915. The maximum Gasteiger partial charge on any atom is 0.270 e. The fourth-order valence-corrected chi connectivity index (χ4v) is 2.86. The number of nitrogens with one attached hydrogen (secondary N) is 1. The average molecular weight is 280 g/mol. The van der Waals surface area contributed by atoms with Crippen LogP contribution in [0.15, 0.2) is 6.07 Å². The Morgan fingerprint density at radius 2 is 2.21 bits per heavy atom. The second kappa shape index (κ2) is 5.28. The molecular weight excluding hydrogens is 260 g/mol. The topological polar surface area (TPSA) is 72.9 Å². The average Bonchev–Trinajstić information content (AvgIpc) is 2.96. The highest BCUT2D eigenvalue weighted by molar-refractivity contribution is 7.80. The predicted molar refractivity (Wildman–Crippen MR) is 78.0 cm³/mol. The van der Waals surface area contributed by atoms with Gasteiger partial charge in [0.2, 0.25) is 0 Å². The molecule has 1 heterocycles. The number of thiocarbonyl (C=S) groups is 1. The Morgan fingerprint density at radius 1 is 1.58 bits per heavy atom. The molecule has 0 aromatic carbocycles. The molecule has 3 N–H and O–H groups in total. The minimum absolute atomic E-state index is 0.149. The van der Waals surface area contributed by atoms with Crippen LogP contribution in [-0.4, -0.2) is 26.2 Å². The Kier molecular flexibility index (Phi) is 3.89. The molecule has 0 radical (unpaired) electrons. The Labute approximate surface area is 118 Å². The molecule has 1 fully saturated rings. The van der Waals surface area contributed by atoms with E-state index >= 15 is 0 Å². The van der Waals surface area contributed by atoms with E-state index in [0.717, 1.165) is 37.8 Å². The van der Waals surface area contributed by atoms with Gasteiger partial charge < -0.3 is 11.1 Å². The molecule has 1 aromatic heterocycles. The van der Waals surface area contributed by atoms with Crippen molar-refractivity contribution in [1.82, 2.24) is 15.1 Å². The molecule has 0 spiro atoms. The maximum absolute atomic E-state index is 12.4. The van der Waals surface area contributed by atoms with Crippen molar-refractivity contribution in [2.75, 3.05) is 0 Å². The van der Waals surface area contributed by atoms with Crippen LogP contribution in [0.25, 0.3) is 0 Å². The van der Waals surface area contributed by atoms with Crippen LogP contribution >= 0.6 is 12.2 Å². The van der Waals surface area contributed by atoms with Crippen molar-refractivity contribution >= 4 is 23.1 Å². The molecule has 0 bridgehead atoms. The van der Waals surface area contributed by atoms with Crippen molar-refractivity contribution in [3.63, 3.8) is 0 Å². The van der Waals surface area contributed by atoms with Gasteiger partial charge in [-0.25, -0.2) is 0 Å². The summed E-state index contributed by atoms with van der Waals surface area (Å²) in [5.41, 5.74) is 6.77. The third-order valence-electron chi connectivity index (χ3n) is 3.81. The lowest BCUT2D eigenvalue weighted by atomic mass is 9.97. The first kappa shape index (κ1) is 14.0. The summed E-state index contributed by atoms with van der Waals surface area (Å²) in [7, 11) is 1.77. The highest BCUT2D eigenvalue weighted by atomic mass is 32.1. The van der Waals surface area contributed by atoms with E-state index in [1.54, 1.807) is 11.7 Å². The number of nitrogens with two attached hydrogens (primary N) is 1. The second-order valence-electron chi connectivity index (χ2n) is 5.11. The number of hydrogen-bond donors (Lipinski definition) is 2. The van der Waals surface area contributed by atoms with Crippen LogP contribution in [0.2, 0.25) is 0 Å². The predicted octanol–water partition coefficient (Wildman–Crippen LogP) is 1.31. The lowest BCUT2D eigenvalue weighted by Gasteiger charge is -2.28. The second-order valence-corrected chi connectivity index (χ2v) is 5.55. The maximum atomic E-state index is 12.4. The minimum atomic E-state index is -0.511. The van der Waals surface area contributed by atoms with Gasteiger partial charge in [0.25, 0.3) is 5.91 Å². The molecule has 1 amide bonds. The number of nitrogens with zero attached hydrogens (tertiary/aromatic N) is 2. The highest BCUT2D eigenvalue weighted by Crippen LogP contribution is 2.30. The van der Waals surface area contributed by atoms with Gasteiger partial charge in [0, 0.05) is 7.05 Å². The van der Waals surface area contributed by atoms with Crippen molar-refractivity contribution in [3.8, 4) is 0 Å². The monoisotopic (exact) mass is 280 g/mol. The molecule has 5 nitrogen and oxygen atoms in total. The first-order valence-corrected chi connectivity index (χ1v) is 7.04. The smallest absolute Gasteiger partial charge is 0.270 e. The number of rotatable bonds is 4. The standard InChI is InChI=1S/C13H20N4OS/c1-3-9-8-10(17(2)16-9)11(18)15-13(12(14)19)6-4-5-7-13/h8H,3-7H2,1-2H3,(H2,14,19)(H,15,18). The van der Waals surface area contributed by atoms with E-state index < -0.39 is 5.54 Å². The number of amides is 1. The molecule has 1 saturated carbocycles. The fourth-order valence-electron chi connectivity index (χ4n) is 2.60. The zero-order valence-corrected chi connectivity index (χ0v) is 12.2. The summed E-state index contributed by atoms with van der Waals surface area (Å²) in [5, 5.41) is 7.30. The zero-order valence-electron chi connectivity index (χ0n) is 11.4. The molecule has 1 aromatic rings. The quantitative estimate of drug-likeness (QED) is 0.816. The van der Waals surface area contributed by atoms with E-state index in [2.05, 4.69) is 10.4 Å². The first-order chi connectivity index (χ1) is 8.98. The zero-order chi connectivity index (χ0) is 14.0. The number of carbonyl (C=O) groups is 1. The molecule has 104 valence electrons. The van der Waals surface area contributed by atoms with Crippen molar-refractivity contribution in [2.24, 2.45) is 12.8 Å². The molecule has 0 aliphatic heterocycles. The Bertz CT molecular complexity index is 503. The normalized spacial score (nSPS) is 17.4. The van der Waals surface area contributed by atoms with Crippen molar-refractivity contribution in [3.05, 3.63) is 17.5 Å². The van der Waals surface area contributed by atoms with Gasteiger partial charge in [0.05, 0.1) is 16.2 Å². The molecule has 19 heavy (non-hydrogen) atoms. The van der Waals surface area contributed by atoms with E-state index in [-0.39, 0.29) is 5.91 Å². The van der Waals surface area contributed by atoms with Gasteiger partial charge in [-0.2, -0.15) is 5.10 Å². The molecule has 0 unspecified atom stereocenters. The van der Waals surface area contributed by atoms with Crippen LogP contribution in [0.1, 0.15) is 48.8 Å². The number of aryl methyl sites for hydroxylation is 2. The Balaban J connectivity index is 2.20. The van der Waals surface area contributed by atoms with E-state index in [1.165, 1.54) is 0 Å². The van der Waals surface area contributed by atoms with Crippen molar-refractivity contribution in [2.45, 2.75) is 44.6 Å². The summed E-state index contributed by atoms with van der Waals surface area (Å²) in [6.07, 6.45) is 4.55.